The molecule has 1 aromatic heterocycles. The molecule has 0 atom stereocenters. The zero-order valence-electron chi connectivity index (χ0n) is 9.24. The highest BCUT2D eigenvalue weighted by Gasteiger charge is 2.25. The van der Waals surface area contributed by atoms with E-state index in [1.807, 2.05) is 0 Å². The third-order valence-electron chi connectivity index (χ3n) is 2.63. The molecule has 0 radical (unpaired) electrons. The van der Waals surface area contributed by atoms with Crippen molar-refractivity contribution in [2.24, 2.45) is 0 Å². The largest absolute Gasteiger partial charge is 0.477 e. The van der Waals surface area contributed by atoms with Crippen molar-refractivity contribution in [3.05, 3.63) is 28.7 Å². The highest BCUT2D eigenvalue weighted by Crippen LogP contribution is 2.44. The molecule has 3 rings (SSSR count). The maximum atomic E-state index is 14.1. The minimum Gasteiger partial charge on any atom is -0.477 e. The number of aromatic nitrogens is 2. The predicted octanol–water partition coefficient (Wildman–Crippen LogP) is 2.30. The van der Waals surface area contributed by atoms with Gasteiger partial charge in [0.1, 0.15) is 10.7 Å². The van der Waals surface area contributed by atoms with Crippen molar-refractivity contribution in [1.82, 2.24) is 10.2 Å². The van der Waals surface area contributed by atoms with E-state index in [1.165, 1.54) is 12.1 Å². The van der Waals surface area contributed by atoms with Crippen LogP contribution in [0.25, 0.3) is 11.3 Å². The van der Waals surface area contributed by atoms with Crippen LogP contribution in [0.3, 0.4) is 0 Å². The Morgan fingerprint density at radius 3 is 2.95 bits per heavy atom. The van der Waals surface area contributed by atoms with Gasteiger partial charge in [-0.2, -0.15) is 5.10 Å². The van der Waals surface area contributed by atoms with E-state index in [0.29, 0.717) is 5.75 Å². The lowest BCUT2D eigenvalue weighted by Crippen LogP contribution is -1.95. The molecular formula is C11H6ClFN2O4. The lowest BCUT2D eigenvalue weighted by Gasteiger charge is -2.04. The van der Waals surface area contributed by atoms with Gasteiger partial charge in [0.2, 0.25) is 6.79 Å². The molecule has 1 aliphatic heterocycles. The number of carboxylic acids is 1. The summed E-state index contributed by atoms with van der Waals surface area (Å²) in [6.45, 7) is -0.0428. The van der Waals surface area contributed by atoms with Crippen LogP contribution in [-0.2, 0) is 0 Å². The number of rotatable bonds is 2. The number of carbonyl (C=O) groups is 1. The summed E-state index contributed by atoms with van der Waals surface area (Å²) in [6.07, 6.45) is 0. The zero-order valence-corrected chi connectivity index (χ0v) is 9.99. The fourth-order valence-corrected chi connectivity index (χ4v) is 1.98. The molecule has 2 N–H and O–H groups in total. The molecule has 98 valence electrons. The Hall–Kier alpha value is -2.28. The predicted molar refractivity (Wildman–Crippen MR) is 62.1 cm³/mol. The van der Waals surface area contributed by atoms with Crippen LogP contribution < -0.4 is 9.47 Å². The second-order valence-electron chi connectivity index (χ2n) is 3.76. The second-order valence-corrected chi connectivity index (χ2v) is 4.14. The molecular weight excluding hydrogens is 279 g/mol. The first kappa shape index (κ1) is 11.8. The smallest absolute Gasteiger partial charge is 0.353 e. The maximum Gasteiger partial charge on any atom is 0.353 e. The zero-order chi connectivity index (χ0) is 13.6. The number of aromatic amines is 1. The van der Waals surface area contributed by atoms with Crippen molar-refractivity contribution in [2.45, 2.75) is 0 Å². The van der Waals surface area contributed by atoms with Crippen molar-refractivity contribution in [2.75, 3.05) is 6.79 Å². The number of benzene rings is 1. The number of nitrogens with one attached hydrogen (secondary N) is 1. The molecule has 19 heavy (non-hydrogen) atoms. The Bertz CT molecular complexity index is 686. The molecule has 2 heterocycles. The first-order valence-electron chi connectivity index (χ1n) is 5.14. The van der Waals surface area contributed by atoms with Gasteiger partial charge in [0, 0.05) is 5.56 Å². The van der Waals surface area contributed by atoms with Gasteiger partial charge in [-0.3, -0.25) is 5.10 Å². The van der Waals surface area contributed by atoms with Crippen LogP contribution in [0.1, 0.15) is 10.5 Å². The van der Waals surface area contributed by atoms with Gasteiger partial charge in [-0.1, -0.05) is 11.6 Å². The Morgan fingerprint density at radius 2 is 2.26 bits per heavy atom. The van der Waals surface area contributed by atoms with Crippen molar-refractivity contribution in [1.29, 1.82) is 0 Å². The number of fused-ring (bicyclic) bond motifs is 1. The number of ether oxygens (including phenoxy) is 2. The SMILES string of the molecule is O=C(O)c1cc(-c2cc3c(c(Cl)c2F)OCO3)n[nH]1. The normalized spacial score (nSPS) is 12.7. The number of hydrogen-bond donors (Lipinski definition) is 2. The van der Waals surface area contributed by atoms with Crippen LogP contribution in [0.4, 0.5) is 4.39 Å². The summed E-state index contributed by atoms with van der Waals surface area (Å²) < 4.78 is 24.2. The molecule has 1 aliphatic rings. The van der Waals surface area contributed by atoms with Crippen LogP contribution >= 0.6 is 11.6 Å². The summed E-state index contributed by atoms with van der Waals surface area (Å²) in [6, 6.07) is 2.57. The van der Waals surface area contributed by atoms with Crippen LogP contribution in [0.15, 0.2) is 12.1 Å². The maximum absolute atomic E-state index is 14.1. The van der Waals surface area contributed by atoms with Gasteiger partial charge in [-0.25, -0.2) is 9.18 Å². The molecule has 0 aliphatic carbocycles. The molecule has 0 spiro atoms. The van der Waals surface area contributed by atoms with Crippen molar-refractivity contribution in [3.8, 4) is 22.8 Å². The third-order valence-corrected chi connectivity index (χ3v) is 2.97. The fourth-order valence-electron chi connectivity index (χ4n) is 1.74. The van der Waals surface area contributed by atoms with Gasteiger partial charge >= 0.3 is 5.97 Å². The highest BCUT2D eigenvalue weighted by atomic mass is 35.5. The van der Waals surface area contributed by atoms with Crippen LogP contribution in [-0.4, -0.2) is 28.1 Å². The van der Waals surface area contributed by atoms with E-state index in [0.717, 1.165) is 0 Å². The molecule has 0 saturated heterocycles. The summed E-state index contributed by atoms with van der Waals surface area (Å²) in [5, 5.41) is 14.6. The summed E-state index contributed by atoms with van der Waals surface area (Å²) >= 11 is 5.83. The molecule has 0 saturated carbocycles. The van der Waals surface area contributed by atoms with Gasteiger partial charge < -0.3 is 14.6 Å². The molecule has 0 fully saturated rings. The van der Waals surface area contributed by atoms with Crippen molar-refractivity contribution in [3.63, 3.8) is 0 Å². The average molecular weight is 285 g/mol. The Kier molecular flexibility index (Phi) is 2.56. The fraction of sp³-hybridized carbons (Fsp3) is 0.0909. The van der Waals surface area contributed by atoms with Gasteiger partial charge in [-0.15, -0.1) is 0 Å². The monoisotopic (exact) mass is 284 g/mol. The number of H-pyrrole nitrogens is 1. The molecule has 2 aromatic rings. The molecule has 1 aromatic carbocycles. The van der Waals surface area contributed by atoms with Gasteiger partial charge in [-0.05, 0) is 12.1 Å². The lowest BCUT2D eigenvalue weighted by molar-refractivity contribution is 0.0690. The molecule has 0 unspecified atom stereocenters. The topological polar surface area (TPSA) is 84.4 Å². The quantitative estimate of drug-likeness (QED) is 0.884. The Labute approximate surface area is 110 Å². The lowest BCUT2D eigenvalue weighted by atomic mass is 10.1. The van der Waals surface area contributed by atoms with Crippen molar-refractivity contribution >= 4 is 17.6 Å². The number of aromatic carboxylic acids is 1. The van der Waals surface area contributed by atoms with E-state index in [-0.39, 0.29) is 34.5 Å². The number of carboxylic acid groups (broad SMARTS) is 1. The van der Waals surface area contributed by atoms with E-state index in [9.17, 15) is 9.18 Å². The Morgan fingerprint density at radius 1 is 1.47 bits per heavy atom. The van der Waals surface area contributed by atoms with E-state index < -0.39 is 11.8 Å². The van der Waals surface area contributed by atoms with Crippen LogP contribution in [0, 0.1) is 5.82 Å². The van der Waals surface area contributed by atoms with Gasteiger partial charge in [0.05, 0.1) is 5.69 Å². The summed E-state index contributed by atoms with van der Waals surface area (Å²) in [5.41, 5.74) is 0.0105. The summed E-state index contributed by atoms with van der Waals surface area (Å²) in [7, 11) is 0. The standard InChI is InChI=1S/C11H6ClFN2O4/c12-8-9(13)4(1-7-10(8)19-3-18-7)5-2-6(11(16)17)15-14-5/h1-2H,3H2,(H,14,15)(H,16,17). The minimum absolute atomic E-state index is 0.0398. The molecule has 6 nitrogen and oxygen atoms in total. The summed E-state index contributed by atoms with van der Waals surface area (Å²) in [4.78, 5) is 10.7. The minimum atomic E-state index is -1.19. The first-order chi connectivity index (χ1) is 9.08. The Balaban J connectivity index is 2.14. The first-order valence-corrected chi connectivity index (χ1v) is 5.52. The number of hydrogen-bond acceptors (Lipinski definition) is 4. The highest BCUT2D eigenvalue weighted by molar-refractivity contribution is 6.32. The van der Waals surface area contributed by atoms with Crippen LogP contribution in [0.5, 0.6) is 11.5 Å². The molecule has 0 amide bonds. The van der Waals surface area contributed by atoms with Crippen molar-refractivity contribution < 1.29 is 23.8 Å². The van der Waals surface area contributed by atoms with Crippen LogP contribution in [0.2, 0.25) is 5.02 Å². The van der Waals surface area contributed by atoms with Gasteiger partial charge in [0.15, 0.2) is 17.3 Å². The molecule has 8 heteroatoms. The number of halogens is 2. The second kappa shape index (κ2) is 4.13. The summed E-state index contributed by atoms with van der Waals surface area (Å²) in [5.74, 6) is -1.50. The van der Waals surface area contributed by atoms with Gasteiger partial charge in [0.25, 0.3) is 0 Å². The van der Waals surface area contributed by atoms with E-state index in [1.54, 1.807) is 0 Å². The number of nitrogens with zero attached hydrogens (tertiary/aromatic N) is 1. The van der Waals surface area contributed by atoms with E-state index in [2.05, 4.69) is 10.2 Å². The van der Waals surface area contributed by atoms with E-state index >= 15 is 0 Å². The average Bonchev–Trinajstić information content (AvgIpc) is 3.01. The third kappa shape index (κ3) is 1.78. The van der Waals surface area contributed by atoms with E-state index in [4.69, 9.17) is 26.2 Å². The molecule has 0 bridgehead atoms.